The lowest BCUT2D eigenvalue weighted by atomic mass is 10.2. The zero-order valence-corrected chi connectivity index (χ0v) is 16.8. The fourth-order valence-corrected chi connectivity index (χ4v) is 5.50. The molecule has 27 heavy (non-hydrogen) atoms. The van der Waals surface area contributed by atoms with E-state index >= 15 is 0 Å². The summed E-state index contributed by atoms with van der Waals surface area (Å²) in [6.45, 7) is 2.31. The molecule has 0 saturated heterocycles. The number of nitrogens with zero attached hydrogens (tertiary/aromatic N) is 3. The van der Waals surface area contributed by atoms with Gasteiger partial charge in [0.05, 0.1) is 17.1 Å². The molecule has 0 aliphatic heterocycles. The lowest BCUT2D eigenvalue weighted by molar-refractivity contribution is 0.601. The summed E-state index contributed by atoms with van der Waals surface area (Å²) < 4.78 is 30.2. The number of thiophene rings is 1. The molecule has 0 bridgehead atoms. The first kappa shape index (κ1) is 17.9. The maximum atomic E-state index is 13.0. The van der Waals surface area contributed by atoms with Gasteiger partial charge in [-0.2, -0.15) is 5.10 Å². The van der Waals surface area contributed by atoms with E-state index in [4.69, 9.17) is 0 Å². The van der Waals surface area contributed by atoms with E-state index in [0.29, 0.717) is 17.4 Å². The number of thiazole rings is 1. The number of anilines is 1. The van der Waals surface area contributed by atoms with E-state index < -0.39 is 10.0 Å². The molecule has 0 fully saturated rings. The monoisotopic (exact) mass is 416 g/mol. The molecular weight excluding hydrogens is 400 g/mol. The molecule has 3 aromatic heterocycles. The molecule has 0 atom stereocenters. The molecule has 4 rings (SSSR count). The van der Waals surface area contributed by atoms with Crippen LogP contribution in [0.1, 0.15) is 11.3 Å². The van der Waals surface area contributed by atoms with Crippen molar-refractivity contribution in [2.45, 2.75) is 18.4 Å². The Kier molecular flexibility index (Phi) is 4.81. The largest absolute Gasteiger partial charge is 0.267 e. The molecule has 0 radical (unpaired) electrons. The maximum absolute atomic E-state index is 13.0. The highest BCUT2D eigenvalue weighted by molar-refractivity contribution is 7.93. The van der Waals surface area contributed by atoms with Crippen molar-refractivity contribution in [3.63, 3.8) is 0 Å². The molecule has 3 heterocycles. The maximum Gasteiger partial charge on any atom is 0.267 e. The van der Waals surface area contributed by atoms with Crippen LogP contribution in [-0.2, 0) is 16.6 Å². The van der Waals surface area contributed by atoms with Crippen molar-refractivity contribution in [2.75, 3.05) is 4.72 Å². The number of hydrogen-bond acceptors (Lipinski definition) is 6. The fraction of sp³-hybridized carbons (Fsp3) is 0.111. The molecule has 0 unspecified atom stereocenters. The molecule has 1 aromatic carbocycles. The minimum atomic E-state index is -3.81. The number of aryl methyl sites for hydroxylation is 1. The van der Waals surface area contributed by atoms with Crippen LogP contribution >= 0.6 is 22.7 Å². The summed E-state index contributed by atoms with van der Waals surface area (Å²) in [6, 6.07) is 13.6. The zero-order chi connectivity index (χ0) is 18.9. The van der Waals surface area contributed by atoms with E-state index in [2.05, 4.69) is 14.8 Å². The van der Waals surface area contributed by atoms with Crippen LogP contribution in [0.5, 0.6) is 0 Å². The first-order valence-corrected chi connectivity index (χ1v) is 11.4. The second kappa shape index (κ2) is 7.26. The van der Waals surface area contributed by atoms with Gasteiger partial charge >= 0.3 is 0 Å². The molecule has 0 amide bonds. The van der Waals surface area contributed by atoms with Gasteiger partial charge in [0.15, 0.2) is 5.13 Å². The number of sulfonamides is 1. The van der Waals surface area contributed by atoms with E-state index in [9.17, 15) is 8.42 Å². The SMILES string of the molecule is Cc1csc(NS(=O)(=O)c2cn(Cc3ccccc3)nc2-c2cccs2)n1. The predicted molar refractivity (Wildman–Crippen MR) is 109 cm³/mol. The molecule has 0 aliphatic rings. The third-order valence-corrected chi connectivity index (χ3v) is 7.02. The highest BCUT2D eigenvalue weighted by Crippen LogP contribution is 2.31. The Labute approximate surface area is 165 Å². The van der Waals surface area contributed by atoms with Gasteiger partial charge in [-0.25, -0.2) is 13.4 Å². The smallest absolute Gasteiger partial charge is 0.266 e. The van der Waals surface area contributed by atoms with Crippen LogP contribution in [0.4, 0.5) is 5.13 Å². The standard InChI is InChI=1S/C18H16N4O2S3/c1-13-12-26-18(19-13)21-27(23,24)16-11-22(10-14-6-3-2-4-7-14)20-17(16)15-8-5-9-25-15/h2-9,11-12H,10H2,1H3,(H,19,21). The van der Waals surface area contributed by atoms with Gasteiger partial charge in [-0.3, -0.25) is 9.40 Å². The van der Waals surface area contributed by atoms with E-state index in [0.717, 1.165) is 16.1 Å². The Balaban J connectivity index is 1.73. The Morgan fingerprint density at radius 3 is 2.59 bits per heavy atom. The van der Waals surface area contributed by atoms with Gasteiger partial charge in [-0.15, -0.1) is 22.7 Å². The van der Waals surface area contributed by atoms with Crippen molar-refractivity contribution < 1.29 is 8.42 Å². The summed E-state index contributed by atoms with van der Waals surface area (Å²) in [4.78, 5) is 5.14. The second-order valence-electron chi connectivity index (χ2n) is 5.90. The molecule has 1 N–H and O–H groups in total. The molecule has 6 nitrogen and oxygen atoms in total. The van der Waals surface area contributed by atoms with Crippen LogP contribution in [0.3, 0.4) is 0 Å². The molecule has 9 heteroatoms. The van der Waals surface area contributed by atoms with E-state index in [1.807, 2.05) is 54.8 Å². The van der Waals surface area contributed by atoms with Gasteiger partial charge < -0.3 is 0 Å². The van der Waals surface area contributed by atoms with E-state index in [1.54, 1.807) is 16.3 Å². The Morgan fingerprint density at radius 2 is 1.93 bits per heavy atom. The van der Waals surface area contributed by atoms with Crippen molar-refractivity contribution in [1.29, 1.82) is 0 Å². The number of hydrogen-bond donors (Lipinski definition) is 1. The topological polar surface area (TPSA) is 76.9 Å². The Morgan fingerprint density at radius 1 is 1.11 bits per heavy atom. The van der Waals surface area contributed by atoms with E-state index in [-0.39, 0.29) is 4.90 Å². The summed E-state index contributed by atoms with van der Waals surface area (Å²) in [5.74, 6) is 0. The van der Waals surface area contributed by atoms with Crippen LogP contribution in [-0.4, -0.2) is 23.2 Å². The number of rotatable bonds is 6. The number of benzene rings is 1. The first-order valence-electron chi connectivity index (χ1n) is 8.11. The van der Waals surface area contributed by atoms with Crippen molar-refractivity contribution >= 4 is 37.8 Å². The minimum Gasteiger partial charge on any atom is -0.266 e. The molecule has 0 spiro atoms. The molecule has 138 valence electrons. The van der Waals surface area contributed by atoms with Crippen LogP contribution in [0.2, 0.25) is 0 Å². The predicted octanol–water partition coefficient (Wildman–Crippen LogP) is 4.23. The molecular formula is C18H16N4O2S3. The second-order valence-corrected chi connectivity index (χ2v) is 9.36. The van der Waals surface area contributed by atoms with Gasteiger partial charge in [0, 0.05) is 11.6 Å². The molecule has 0 saturated carbocycles. The normalized spacial score (nSPS) is 11.6. The summed E-state index contributed by atoms with van der Waals surface area (Å²) >= 11 is 2.71. The quantitative estimate of drug-likeness (QED) is 0.510. The first-order chi connectivity index (χ1) is 13.0. The van der Waals surface area contributed by atoms with Crippen molar-refractivity contribution in [2.24, 2.45) is 0 Å². The Bertz CT molecular complexity index is 1150. The highest BCUT2D eigenvalue weighted by atomic mass is 32.2. The lowest BCUT2D eigenvalue weighted by Gasteiger charge is -2.04. The summed E-state index contributed by atoms with van der Waals surface area (Å²) in [5.41, 5.74) is 2.27. The van der Waals surface area contributed by atoms with Crippen LogP contribution in [0.15, 0.2) is 64.3 Å². The van der Waals surface area contributed by atoms with Gasteiger partial charge in [-0.1, -0.05) is 36.4 Å². The molecule has 0 aliphatic carbocycles. The highest BCUT2D eigenvalue weighted by Gasteiger charge is 2.25. The average Bonchev–Trinajstić information content (AvgIpc) is 3.36. The van der Waals surface area contributed by atoms with Crippen molar-refractivity contribution in [3.05, 3.63) is 70.7 Å². The van der Waals surface area contributed by atoms with Crippen molar-refractivity contribution in [1.82, 2.24) is 14.8 Å². The summed E-state index contributed by atoms with van der Waals surface area (Å²) in [5, 5.41) is 8.60. The fourth-order valence-electron chi connectivity index (χ4n) is 2.61. The van der Waals surface area contributed by atoms with Gasteiger partial charge in [0.2, 0.25) is 0 Å². The third kappa shape index (κ3) is 3.95. The van der Waals surface area contributed by atoms with Crippen LogP contribution in [0, 0.1) is 6.92 Å². The lowest BCUT2D eigenvalue weighted by Crippen LogP contribution is -2.13. The average molecular weight is 417 g/mol. The van der Waals surface area contributed by atoms with Crippen LogP contribution < -0.4 is 4.72 Å². The van der Waals surface area contributed by atoms with Crippen LogP contribution in [0.25, 0.3) is 10.6 Å². The zero-order valence-electron chi connectivity index (χ0n) is 14.4. The van der Waals surface area contributed by atoms with Gasteiger partial charge in [-0.05, 0) is 23.9 Å². The number of nitrogens with one attached hydrogen (secondary N) is 1. The van der Waals surface area contributed by atoms with Gasteiger partial charge in [0.1, 0.15) is 10.6 Å². The summed E-state index contributed by atoms with van der Waals surface area (Å²) in [7, 11) is -3.81. The minimum absolute atomic E-state index is 0.147. The number of aromatic nitrogens is 3. The summed E-state index contributed by atoms with van der Waals surface area (Å²) in [6.07, 6.45) is 1.57. The molecule has 4 aromatic rings. The Hall–Kier alpha value is -2.49. The van der Waals surface area contributed by atoms with Gasteiger partial charge in [0.25, 0.3) is 10.0 Å². The van der Waals surface area contributed by atoms with E-state index in [1.165, 1.54) is 22.7 Å². The third-order valence-electron chi connectivity index (χ3n) is 3.80. The van der Waals surface area contributed by atoms with Crippen molar-refractivity contribution in [3.8, 4) is 10.6 Å².